The Morgan fingerprint density at radius 3 is 2.48 bits per heavy atom. The second-order valence-electron chi connectivity index (χ2n) is 7.06. The highest BCUT2D eigenvalue weighted by Crippen LogP contribution is 2.46. The maximum atomic E-state index is 13.2. The lowest BCUT2D eigenvalue weighted by Gasteiger charge is -2.36. The summed E-state index contributed by atoms with van der Waals surface area (Å²) in [5, 5.41) is 13.7. The van der Waals surface area contributed by atoms with Crippen LogP contribution in [0, 0.1) is 11.3 Å². The fourth-order valence-electron chi connectivity index (χ4n) is 4.17. The summed E-state index contributed by atoms with van der Waals surface area (Å²) in [5.74, 6) is -0.166. The zero-order valence-electron chi connectivity index (χ0n) is 15.0. The van der Waals surface area contributed by atoms with Crippen LogP contribution in [0.15, 0.2) is 77.1 Å². The maximum absolute atomic E-state index is 13.2. The lowest BCUT2D eigenvalue weighted by atomic mass is 9.72. The first kappa shape index (κ1) is 17.6. The second-order valence-corrected chi connectivity index (χ2v) is 7.47. The van der Waals surface area contributed by atoms with Crippen LogP contribution in [0.2, 0.25) is 5.02 Å². The number of nitrogens with zero attached hydrogens (tertiary/aromatic N) is 1. The smallest absolute Gasteiger partial charge is 0.162 e. The van der Waals surface area contributed by atoms with E-state index in [0.29, 0.717) is 22.6 Å². The number of ketones is 1. The monoisotopic (exact) mass is 374 g/mol. The van der Waals surface area contributed by atoms with Crippen molar-refractivity contribution in [3.05, 3.63) is 93.3 Å². The second kappa shape index (κ2) is 7.06. The molecule has 0 bridgehead atoms. The van der Waals surface area contributed by atoms with E-state index in [1.807, 2.05) is 49.4 Å². The topological polar surface area (TPSA) is 52.9 Å². The summed E-state index contributed by atoms with van der Waals surface area (Å²) in [6.45, 7) is 1.89. The first-order valence-corrected chi connectivity index (χ1v) is 9.41. The molecule has 134 valence electrons. The maximum Gasteiger partial charge on any atom is 0.162 e. The summed E-state index contributed by atoms with van der Waals surface area (Å²) in [5.41, 5.74) is 4.95. The van der Waals surface area contributed by atoms with Crippen LogP contribution in [0.5, 0.6) is 0 Å². The number of benzene rings is 2. The van der Waals surface area contributed by atoms with Gasteiger partial charge in [-0.25, -0.2) is 0 Å². The molecule has 4 heteroatoms. The minimum Gasteiger partial charge on any atom is -0.361 e. The summed E-state index contributed by atoms with van der Waals surface area (Å²) < 4.78 is 0. The average Bonchev–Trinajstić information content (AvgIpc) is 2.68. The molecule has 0 fully saturated rings. The molecule has 0 amide bonds. The largest absolute Gasteiger partial charge is 0.361 e. The van der Waals surface area contributed by atoms with Gasteiger partial charge in [-0.2, -0.15) is 5.26 Å². The van der Waals surface area contributed by atoms with Gasteiger partial charge in [0.2, 0.25) is 0 Å². The number of halogens is 1. The number of rotatable bonds is 2. The number of carbonyl (C=O) groups is 1. The van der Waals surface area contributed by atoms with Gasteiger partial charge in [0.25, 0.3) is 0 Å². The van der Waals surface area contributed by atoms with E-state index in [0.717, 1.165) is 23.4 Å². The van der Waals surface area contributed by atoms with Gasteiger partial charge in [0.1, 0.15) is 0 Å². The molecule has 1 heterocycles. The van der Waals surface area contributed by atoms with Crippen molar-refractivity contribution in [2.75, 3.05) is 0 Å². The van der Waals surface area contributed by atoms with E-state index in [9.17, 15) is 10.1 Å². The van der Waals surface area contributed by atoms with Gasteiger partial charge in [0.15, 0.2) is 5.78 Å². The standard InChI is InChI=1S/C23H19ClN2O/c1-14-18(13-25)22(17-9-5-6-10-19(17)24)23-20(26-14)11-16(12-21(23)27)15-7-3-2-4-8-15/h2-10,16,22,26H,11-12H2,1H3/t16-,22+/m1/s1. The van der Waals surface area contributed by atoms with E-state index in [1.54, 1.807) is 0 Å². The van der Waals surface area contributed by atoms with E-state index in [-0.39, 0.29) is 11.7 Å². The molecule has 3 nitrogen and oxygen atoms in total. The molecule has 4 rings (SSSR count). The van der Waals surface area contributed by atoms with Crippen molar-refractivity contribution < 1.29 is 4.79 Å². The van der Waals surface area contributed by atoms with Crippen LogP contribution in [-0.4, -0.2) is 5.78 Å². The van der Waals surface area contributed by atoms with Crippen LogP contribution in [0.25, 0.3) is 0 Å². The Morgan fingerprint density at radius 2 is 1.78 bits per heavy atom. The molecule has 1 aliphatic carbocycles. The Morgan fingerprint density at radius 1 is 1.07 bits per heavy atom. The predicted octanol–water partition coefficient (Wildman–Crippen LogP) is 5.23. The van der Waals surface area contributed by atoms with E-state index in [4.69, 9.17) is 11.6 Å². The zero-order valence-corrected chi connectivity index (χ0v) is 15.8. The molecule has 2 aliphatic rings. The first-order chi connectivity index (χ1) is 13.1. The van der Waals surface area contributed by atoms with Crippen LogP contribution in [0.1, 0.15) is 42.7 Å². The van der Waals surface area contributed by atoms with Crippen molar-refractivity contribution in [1.29, 1.82) is 5.26 Å². The van der Waals surface area contributed by atoms with Crippen molar-refractivity contribution in [2.45, 2.75) is 31.6 Å². The van der Waals surface area contributed by atoms with Crippen molar-refractivity contribution >= 4 is 17.4 Å². The fourth-order valence-corrected chi connectivity index (χ4v) is 4.41. The summed E-state index contributed by atoms with van der Waals surface area (Å²) in [4.78, 5) is 13.2. The lowest BCUT2D eigenvalue weighted by molar-refractivity contribution is -0.116. The van der Waals surface area contributed by atoms with Gasteiger partial charge in [-0.1, -0.05) is 60.1 Å². The van der Waals surface area contributed by atoms with E-state index >= 15 is 0 Å². The first-order valence-electron chi connectivity index (χ1n) is 9.03. The third kappa shape index (κ3) is 3.07. The van der Waals surface area contributed by atoms with Gasteiger partial charge in [-0.15, -0.1) is 0 Å². The zero-order chi connectivity index (χ0) is 19.0. The molecule has 1 N–H and O–H groups in total. The third-order valence-electron chi connectivity index (χ3n) is 5.44. The highest BCUT2D eigenvalue weighted by molar-refractivity contribution is 6.31. The van der Waals surface area contributed by atoms with Gasteiger partial charge in [0.05, 0.1) is 17.6 Å². The summed E-state index contributed by atoms with van der Waals surface area (Å²) in [7, 11) is 0. The van der Waals surface area contributed by atoms with Crippen molar-refractivity contribution in [1.82, 2.24) is 5.32 Å². The molecule has 27 heavy (non-hydrogen) atoms. The van der Waals surface area contributed by atoms with E-state index in [2.05, 4.69) is 23.5 Å². The van der Waals surface area contributed by atoms with Crippen LogP contribution >= 0.6 is 11.6 Å². The van der Waals surface area contributed by atoms with Crippen LogP contribution in [-0.2, 0) is 4.79 Å². The van der Waals surface area contributed by atoms with Gasteiger partial charge < -0.3 is 5.32 Å². The number of hydrogen-bond acceptors (Lipinski definition) is 3. The Hall–Kier alpha value is -2.83. The van der Waals surface area contributed by atoms with Crippen molar-refractivity contribution in [3.8, 4) is 6.07 Å². The molecule has 0 radical (unpaired) electrons. The predicted molar refractivity (Wildman–Crippen MR) is 106 cm³/mol. The molecule has 0 spiro atoms. The molecule has 2 aromatic carbocycles. The molecule has 2 aromatic rings. The normalized spacial score (nSPS) is 22.2. The van der Waals surface area contributed by atoms with E-state index < -0.39 is 5.92 Å². The van der Waals surface area contributed by atoms with Crippen LogP contribution in [0.4, 0.5) is 0 Å². The molecule has 0 saturated carbocycles. The number of carbonyl (C=O) groups excluding carboxylic acids is 1. The molecule has 2 atom stereocenters. The number of nitriles is 1. The summed E-state index contributed by atoms with van der Waals surface area (Å²) >= 11 is 6.44. The average molecular weight is 375 g/mol. The Labute approximate surface area is 164 Å². The minimum absolute atomic E-state index is 0.0859. The molecule has 1 aliphatic heterocycles. The highest BCUT2D eigenvalue weighted by Gasteiger charge is 2.39. The SMILES string of the molecule is CC1=C(C#N)[C@H](c2ccccc2Cl)C2=C(C[C@@H](c3ccccc3)CC2=O)N1. The van der Waals surface area contributed by atoms with E-state index in [1.165, 1.54) is 5.56 Å². The van der Waals surface area contributed by atoms with Crippen LogP contribution < -0.4 is 5.32 Å². The highest BCUT2D eigenvalue weighted by atomic mass is 35.5. The van der Waals surface area contributed by atoms with Crippen molar-refractivity contribution in [3.63, 3.8) is 0 Å². The van der Waals surface area contributed by atoms with Gasteiger partial charge in [-0.3, -0.25) is 4.79 Å². The number of allylic oxidation sites excluding steroid dienone is 4. The quantitative estimate of drug-likeness (QED) is 0.783. The minimum atomic E-state index is -0.399. The van der Waals surface area contributed by atoms with Gasteiger partial charge in [0, 0.05) is 28.4 Å². The lowest BCUT2D eigenvalue weighted by Crippen LogP contribution is -2.33. The number of hydrogen-bond donors (Lipinski definition) is 1. The fraction of sp³-hybridized carbons (Fsp3) is 0.217. The molecule has 0 unspecified atom stereocenters. The van der Waals surface area contributed by atoms with Crippen LogP contribution in [0.3, 0.4) is 0 Å². The van der Waals surface area contributed by atoms with Gasteiger partial charge in [-0.05, 0) is 36.5 Å². The number of Topliss-reactive ketones (excluding diaryl/α,β-unsaturated/α-hetero) is 1. The molecule has 0 aromatic heterocycles. The molecular weight excluding hydrogens is 356 g/mol. The van der Waals surface area contributed by atoms with Gasteiger partial charge >= 0.3 is 0 Å². The number of dihydropyridines is 1. The summed E-state index contributed by atoms with van der Waals surface area (Å²) in [6, 6.07) is 19.9. The Kier molecular flexibility index (Phi) is 4.59. The third-order valence-corrected chi connectivity index (χ3v) is 5.78. The Bertz CT molecular complexity index is 1010. The molecular formula is C23H19ClN2O. The molecule has 0 saturated heterocycles. The number of nitrogens with one attached hydrogen (secondary N) is 1. The Balaban J connectivity index is 1.82. The summed E-state index contributed by atoms with van der Waals surface area (Å²) in [6.07, 6.45) is 1.20. The van der Waals surface area contributed by atoms with Crippen molar-refractivity contribution in [2.24, 2.45) is 0 Å².